The number of aromatic nitrogens is 1. The summed E-state index contributed by atoms with van der Waals surface area (Å²) >= 11 is 0. The molecule has 0 spiro atoms. The van der Waals surface area contributed by atoms with Crippen molar-refractivity contribution >= 4 is 29.9 Å². The second-order valence-electron chi connectivity index (χ2n) is 5.73. The Morgan fingerprint density at radius 1 is 1.22 bits per heavy atom. The normalized spacial score (nSPS) is 12.5. The zero-order valence-electron chi connectivity index (χ0n) is 15.7. The molecule has 8 nitrogen and oxygen atoms in total. The number of aryl methyl sites for hydroxylation is 2. The van der Waals surface area contributed by atoms with Gasteiger partial charge in [0.25, 0.3) is 0 Å². The van der Waals surface area contributed by atoms with Crippen LogP contribution in [-0.4, -0.2) is 37.4 Å². The Labute approximate surface area is 175 Å². The number of hydrogen-bond acceptors (Lipinski definition) is 6. The van der Waals surface area contributed by atoms with Crippen molar-refractivity contribution in [3.8, 4) is 17.2 Å². The third-order valence-corrected chi connectivity index (χ3v) is 3.80. The molecule has 0 atom stereocenters. The fourth-order valence-corrected chi connectivity index (χ4v) is 2.40. The highest BCUT2D eigenvalue weighted by Crippen LogP contribution is 2.34. The molecule has 1 aromatic carbocycles. The van der Waals surface area contributed by atoms with Crippen molar-refractivity contribution in [3.63, 3.8) is 0 Å². The quantitative estimate of drug-likeness (QED) is 0.268. The van der Waals surface area contributed by atoms with E-state index in [0.717, 1.165) is 29.5 Å². The van der Waals surface area contributed by atoms with Gasteiger partial charge in [0.2, 0.25) is 12.7 Å². The number of ether oxygens (including phenoxy) is 3. The molecule has 2 aromatic rings. The van der Waals surface area contributed by atoms with Crippen LogP contribution in [0.3, 0.4) is 0 Å². The molecule has 27 heavy (non-hydrogen) atoms. The number of guanidine groups is 1. The molecule has 0 saturated carbocycles. The maximum absolute atomic E-state index is 5.73. The third-order valence-electron chi connectivity index (χ3n) is 3.80. The number of hydrogen-bond donors (Lipinski definition) is 2. The Balaban J connectivity index is 0.00000261. The lowest BCUT2D eigenvalue weighted by molar-refractivity contribution is 0.173. The van der Waals surface area contributed by atoms with E-state index < -0.39 is 0 Å². The van der Waals surface area contributed by atoms with Crippen LogP contribution in [0.2, 0.25) is 0 Å². The lowest BCUT2D eigenvalue weighted by Crippen LogP contribution is -2.39. The average molecular weight is 488 g/mol. The van der Waals surface area contributed by atoms with E-state index in [1.807, 2.05) is 39.0 Å². The van der Waals surface area contributed by atoms with Crippen molar-refractivity contribution < 1.29 is 18.6 Å². The Bertz CT molecular complexity index is 759. The summed E-state index contributed by atoms with van der Waals surface area (Å²) in [7, 11) is 0. The Hall–Kier alpha value is -2.17. The number of halogens is 1. The molecule has 1 aliphatic rings. The summed E-state index contributed by atoms with van der Waals surface area (Å²) in [6.07, 6.45) is 0. The molecule has 0 fully saturated rings. The summed E-state index contributed by atoms with van der Waals surface area (Å²) in [6.45, 7) is 8.32. The molecule has 0 radical (unpaired) electrons. The van der Waals surface area contributed by atoms with Gasteiger partial charge in [-0.3, -0.25) is 0 Å². The fourth-order valence-electron chi connectivity index (χ4n) is 2.40. The molecule has 0 unspecified atom stereocenters. The van der Waals surface area contributed by atoms with Crippen molar-refractivity contribution in [1.82, 2.24) is 15.6 Å². The smallest absolute Gasteiger partial charge is 0.231 e. The van der Waals surface area contributed by atoms with Gasteiger partial charge >= 0.3 is 0 Å². The van der Waals surface area contributed by atoms with Crippen LogP contribution in [0.25, 0.3) is 0 Å². The van der Waals surface area contributed by atoms with E-state index >= 15 is 0 Å². The summed E-state index contributed by atoms with van der Waals surface area (Å²) in [6, 6.07) is 5.53. The number of benzene rings is 1. The zero-order chi connectivity index (χ0) is 18.4. The maximum Gasteiger partial charge on any atom is 0.231 e. The molecule has 0 amide bonds. The summed E-state index contributed by atoms with van der Waals surface area (Å²) in [5.74, 6) is 4.31. The van der Waals surface area contributed by atoms with Crippen LogP contribution in [0.1, 0.15) is 24.3 Å². The molecule has 1 aromatic heterocycles. The van der Waals surface area contributed by atoms with E-state index in [2.05, 4.69) is 20.6 Å². The van der Waals surface area contributed by atoms with Gasteiger partial charge in [0, 0.05) is 12.6 Å². The topological polar surface area (TPSA) is 90.1 Å². The monoisotopic (exact) mass is 488 g/mol. The van der Waals surface area contributed by atoms with Crippen LogP contribution in [0.5, 0.6) is 17.2 Å². The number of fused-ring (bicyclic) bond motifs is 1. The first-order chi connectivity index (χ1) is 12.7. The minimum atomic E-state index is 0. The lowest BCUT2D eigenvalue weighted by Gasteiger charge is -2.12. The van der Waals surface area contributed by atoms with Crippen LogP contribution in [0.15, 0.2) is 27.6 Å². The van der Waals surface area contributed by atoms with Crippen LogP contribution in [0.4, 0.5) is 0 Å². The van der Waals surface area contributed by atoms with E-state index in [4.69, 9.17) is 18.6 Å². The maximum atomic E-state index is 5.73. The summed E-state index contributed by atoms with van der Waals surface area (Å²) < 4.78 is 21.9. The van der Waals surface area contributed by atoms with Crippen LogP contribution < -0.4 is 24.8 Å². The number of rotatable bonds is 7. The van der Waals surface area contributed by atoms with Gasteiger partial charge in [-0.05, 0) is 32.9 Å². The molecule has 0 saturated heterocycles. The van der Waals surface area contributed by atoms with E-state index in [1.54, 1.807) is 0 Å². The van der Waals surface area contributed by atoms with Gasteiger partial charge in [0.05, 0.1) is 12.2 Å². The van der Waals surface area contributed by atoms with Crippen LogP contribution in [-0.2, 0) is 6.54 Å². The Kier molecular flexibility index (Phi) is 8.01. The van der Waals surface area contributed by atoms with Crippen molar-refractivity contribution in [1.29, 1.82) is 0 Å². The number of oxazole rings is 1. The Morgan fingerprint density at radius 3 is 2.78 bits per heavy atom. The molecule has 9 heteroatoms. The molecule has 148 valence electrons. The largest absolute Gasteiger partial charge is 0.492 e. The molecular formula is C18H25IN4O4. The highest BCUT2D eigenvalue weighted by atomic mass is 127. The minimum absolute atomic E-state index is 0. The number of aliphatic imine (C=N–C) groups is 1. The summed E-state index contributed by atoms with van der Waals surface area (Å²) in [5.41, 5.74) is 0.894. The third kappa shape index (κ3) is 5.91. The Morgan fingerprint density at radius 2 is 2.04 bits per heavy atom. The number of nitrogens with one attached hydrogen (secondary N) is 2. The van der Waals surface area contributed by atoms with Gasteiger partial charge < -0.3 is 29.3 Å². The van der Waals surface area contributed by atoms with Gasteiger partial charge in [-0.1, -0.05) is 0 Å². The molecule has 2 N–H and O–H groups in total. The van der Waals surface area contributed by atoms with Crippen molar-refractivity contribution in [2.24, 2.45) is 4.99 Å². The molecule has 2 heterocycles. The van der Waals surface area contributed by atoms with Crippen molar-refractivity contribution in [3.05, 3.63) is 35.5 Å². The zero-order valence-corrected chi connectivity index (χ0v) is 18.0. The predicted molar refractivity (Wildman–Crippen MR) is 112 cm³/mol. The standard InChI is InChI=1S/C18H24N4O4.HI/c1-4-19-18(21-10-17-22-12(2)13(3)26-17)20-7-8-23-14-5-6-15-16(9-14)25-11-24-15;/h5-6,9H,4,7-8,10-11H2,1-3H3,(H2,19,20,21);1H. The second kappa shape index (κ2) is 10.2. The van der Waals surface area contributed by atoms with Gasteiger partial charge in [-0.25, -0.2) is 9.98 Å². The predicted octanol–water partition coefficient (Wildman–Crippen LogP) is 2.77. The minimum Gasteiger partial charge on any atom is -0.492 e. The average Bonchev–Trinajstić information content (AvgIpc) is 3.22. The molecule has 1 aliphatic heterocycles. The van der Waals surface area contributed by atoms with Crippen LogP contribution >= 0.6 is 24.0 Å². The first-order valence-electron chi connectivity index (χ1n) is 8.63. The van der Waals surface area contributed by atoms with Gasteiger partial charge in [0.15, 0.2) is 17.5 Å². The fraction of sp³-hybridized carbons (Fsp3) is 0.444. The van der Waals surface area contributed by atoms with Gasteiger partial charge in [-0.2, -0.15) is 0 Å². The van der Waals surface area contributed by atoms with Crippen molar-refractivity contribution in [2.45, 2.75) is 27.3 Å². The van der Waals surface area contributed by atoms with Gasteiger partial charge in [-0.15, -0.1) is 24.0 Å². The van der Waals surface area contributed by atoms with Crippen LogP contribution in [0, 0.1) is 13.8 Å². The van der Waals surface area contributed by atoms with E-state index in [-0.39, 0.29) is 30.8 Å². The van der Waals surface area contributed by atoms with E-state index in [0.29, 0.717) is 37.3 Å². The van der Waals surface area contributed by atoms with E-state index in [1.165, 1.54) is 0 Å². The highest BCUT2D eigenvalue weighted by molar-refractivity contribution is 14.0. The second-order valence-corrected chi connectivity index (χ2v) is 5.73. The first-order valence-corrected chi connectivity index (χ1v) is 8.63. The highest BCUT2D eigenvalue weighted by Gasteiger charge is 2.13. The summed E-state index contributed by atoms with van der Waals surface area (Å²) in [4.78, 5) is 8.81. The SMILES string of the molecule is CCNC(=NCc1nc(C)c(C)o1)NCCOc1ccc2c(c1)OCO2.I. The molecule has 0 aliphatic carbocycles. The molecule has 3 rings (SSSR count). The van der Waals surface area contributed by atoms with Gasteiger partial charge in [0.1, 0.15) is 24.7 Å². The molecule has 0 bridgehead atoms. The lowest BCUT2D eigenvalue weighted by atomic mass is 10.3. The summed E-state index contributed by atoms with van der Waals surface area (Å²) in [5, 5.41) is 6.41. The first kappa shape index (κ1) is 21.1. The molecular weight excluding hydrogens is 463 g/mol. The number of nitrogens with zero attached hydrogens (tertiary/aromatic N) is 2. The van der Waals surface area contributed by atoms with Crippen molar-refractivity contribution in [2.75, 3.05) is 26.5 Å². The van der Waals surface area contributed by atoms with E-state index in [9.17, 15) is 0 Å².